The molecule has 10 aromatic carbocycles. The van der Waals surface area contributed by atoms with E-state index in [9.17, 15) is 0 Å². The van der Waals surface area contributed by atoms with E-state index in [2.05, 4.69) is 218 Å². The lowest BCUT2D eigenvalue weighted by Crippen LogP contribution is -1.90. The van der Waals surface area contributed by atoms with Crippen LogP contribution in [0.4, 0.5) is 0 Å². The summed E-state index contributed by atoms with van der Waals surface area (Å²) in [5, 5.41) is 7.78. The molecular weight excluding hydrogens is 673 g/mol. The van der Waals surface area contributed by atoms with Crippen molar-refractivity contribution >= 4 is 56.6 Å². The highest BCUT2D eigenvalue weighted by Gasteiger charge is 2.15. The van der Waals surface area contributed by atoms with Crippen molar-refractivity contribution in [2.24, 2.45) is 0 Å². The molecule has 0 heterocycles. The standard InChI is InChI=1S/C56H38/c1-3-9-39(10-4-1)17-19-41-13-7-15-49(37-41)43-21-25-45(26-22-43)51-33-29-47-32-36-54-52(34-30-48-31-35-53(51)55(47)56(48)54)46-27-23-44(24-28-46)50-16-8-14-42(38-50)20-18-40-11-5-2-6-12-40/h1-38H/b19-17+,20-18+. The highest BCUT2D eigenvalue weighted by Crippen LogP contribution is 2.43. The smallest absolute Gasteiger partial charge is 0.00203 e. The zero-order valence-electron chi connectivity index (χ0n) is 30.9. The third-order valence-corrected chi connectivity index (χ3v) is 11.0. The normalized spacial score (nSPS) is 11.8. The van der Waals surface area contributed by atoms with Gasteiger partial charge in [-0.15, -0.1) is 0 Å². The Kier molecular flexibility index (Phi) is 8.63. The maximum absolute atomic E-state index is 2.31. The SMILES string of the molecule is C(=C\c1cccc(-c2ccc(-c3ccc4ccc5c(-c6ccc(-c7cccc(/C=C/c8ccccc8)c7)cc6)ccc6ccc3c4c65)cc2)c1)/c1ccccc1. The van der Waals surface area contributed by atoms with Crippen LogP contribution in [0.15, 0.2) is 206 Å². The summed E-state index contributed by atoms with van der Waals surface area (Å²) in [5.41, 5.74) is 14.6. The Labute approximate surface area is 328 Å². The second kappa shape index (κ2) is 14.5. The maximum atomic E-state index is 2.31. The van der Waals surface area contributed by atoms with Crippen molar-refractivity contribution < 1.29 is 0 Å². The summed E-state index contributed by atoms with van der Waals surface area (Å²) in [6.07, 6.45) is 8.71. The van der Waals surface area contributed by atoms with Crippen molar-refractivity contribution in [1.82, 2.24) is 0 Å². The molecular formula is C56H38. The third kappa shape index (κ3) is 6.48. The van der Waals surface area contributed by atoms with Gasteiger partial charge in [-0.2, -0.15) is 0 Å². The summed E-state index contributed by atoms with van der Waals surface area (Å²) in [4.78, 5) is 0. The Morgan fingerprint density at radius 2 is 0.589 bits per heavy atom. The molecule has 0 aliphatic rings. The fourth-order valence-corrected chi connectivity index (χ4v) is 8.15. The first kappa shape index (κ1) is 33.3. The van der Waals surface area contributed by atoms with Crippen LogP contribution in [-0.2, 0) is 0 Å². The van der Waals surface area contributed by atoms with E-state index in [1.165, 1.54) is 99.1 Å². The molecule has 0 spiro atoms. The molecule has 0 saturated heterocycles. The molecule has 56 heavy (non-hydrogen) atoms. The van der Waals surface area contributed by atoms with Crippen LogP contribution in [0.1, 0.15) is 22.3 Å². The Bertz CT molecular complexity index is 2810. The molecule has 10 rings (SSSR count). The largest absolute Gasteiger partial charge is 0.0622 e. The molecule has 0 fully saturated rings. The van der Waals surface area contributed by atoms with Crippen molar-refractivity contribution in [3.63, 3.8) is 0 Å². The van der Waals surface area contributed by atoms with Crippen LogP contribution in [0, 0.1) is 0 Å². The highest BCUT2D eigenvalue weighted by molar-refractivity contribution is 6.27. The van der Waals surface area contributed by atoms with Gasteiger partial charge in [-0.3, -0.25) is 0 Å². The number of hydrogen-bond donors (Lipinski definition) is 0. The minimum Gasteiger partial charge on any atom is -0.0622 e. The van der Waals surface area contributed by atoms with Crippen LogP contribution in [0.2, 0.25) is 0 Å². The second-order valence-corrected chi connectivity index (χ2v) is 14.5. The van der Waals surface area contributed by atoms with E-state index >= 15 is 0 Å². The molecule has 0 atom stereocenters. The van der Waals surface area contributed by atoms with E-state index in [-0.39, 0.29) is 0 Å². The molecule has 262 valence electrons. The van der Waals surface area contributed by atoms with E-state index in [0.29, 0.717) is 0 Å². The summed E-state index contributed by atoms with van der Waals surface area (Å²) in [6.45, 7) is 0. The molecule has 0 nitrogen and oxygen atoms in total. The lowest BCUT2D eigenvalue weighted by molar-refractivity contribution is 1.59. The fraction of sp³-hybridized carbons (Fsp3) is 0. The molecule has 0 bridgehead atoms. The number of benzene rings is 10. The minimum absolute atomic E-state index is 1.19. The first-order chi connectivity index (χ1) is 27.7. The molecule has 0 aliphatic heterocycles. The lowest BCUT2D eigenvalue weighted by atomic mass is 9.87. The fourth-order valence-electron chi connectivity index (χ4n) is 8.15. The molecule has 0 aliphatic carbocycles. The zero-order chi connectivity index (χ0) is 37.3. The quantitative estimate of drug-likeness (QED) is 0.109. The van der Waals surface area contributed by atoms with Crippen LogP contribution < -0.4 is 0 Å². The number of rotatable bonds is 8. The zero-order valence-corrected chi connectivity index (χ0v) is 30.9. The van der Waals surface area contributed by atoms with Crippen molar-refractivity contribution in [3.8, 4) is 44.5 Å². The average Bonchev–Trinajstić information content (AvgIpc) is 3.28. The lowest BCUT2D eigenvalue weighted by Gasteiger charge is -2.17. The summed E-state index contributed by atoms with van der Waals surface area (Å²) in [5.74, 6) is 0. The van der Waals surface area contributed by atoms with E-state index in [4.69, 9.17) is 0 Å². The van der Waals surface area contributed by atoms with Crippen LogP contribution in [-0.4, -0.2) is 0 Å². The van der Waals surface area contributed by atoms with Gasteiger partial charge in [0.25, 0.3) is 0 Å². The van der Waals surface area contributed by atoms with E-state index in [1.54, 1.807) is 0 Å². The topological polar surface area (TPSA) is 0 Å². The summed E-state index contributed by atoms with van der Waals surface area (Å²) in [6, 6.07) is 74.9. The summed E-state index contributed by atoms with van der Waals surface area (Å²) >= 11 is 0. The molecule has 0 radical (unpaired) electrons. The van der Waals surface area contributed by atoms with Gasteiger partial charge < -0.3 is 0 Å². The van der Waals surface area contributed by atoms with Crippen LogP contribution in [0.3, 0.4) is 0 Å². The first-order valence-corrected chi connectivity index (χ1v) is 19.3. The molecule has 0 saturated carbocycles. The molecule has 0 N–H and O–H groups in total. The van der Waals surface area contributed by atoms with Crippen molar-refractivity contribution in [3.05, 3.63) is 229 Å². The first-order valence-electron chi connectivity index (χ1n) is 19.3. The van der Waals surface area contributed by atoms with Gasteiger partial charge in [0.2, 0.25) is 0 Å². The molecule has 10 aromatic rings. The van der Waals surface area contributed by atoms with Crippen LogP contribution in [0.25, 0.3) is 101 Å². The Hall–Kier alpha value is -7.28. The number of hydrogen-bond acceptors (Lipinski definition) is 0. The maximum Gasteiger partial charge on any atom is -0.00203 e. The molecule has 0 unspecified atom stereocenters. The monoisotopic (exact) mass is 710 g/mol. The third-order valence-electron chi connectivity index (χ3n) is 11.0. The summed E-state index contributed by atoms with van der Waals surface area (Å²) < 4.78 is 0. The van der Waals surface area contributed by atoms with Crippen molar-refractivity contribution in [1.29, 1.82) is 0 Å². The van der Waals surface area contributed by atoms with E-state index < -0.39 is 0 Å². The highest BCUT2D eigenvalue weighted by atomic mass is 14.2. The van der Waals surface area contributed by atoms with Gasteiger partial charge in [0.15, 0.2) is 0 Å². The van der Waals surface area contributed by atoms with Gasteiger partial charge in [0.1, 0.15) is 0 Å². The second-order valence-electron chi connectivity index (χ2n) is 14.5. The van der Waals surface area contributed by atoms with Crippen molar-refractivity contribution in [2.45, 2.75) is 0 Å². The van der Waals surface area contributed by atoms with Crippen LogP contribution in [0.5, 0.6) is 0 Å². The van der Waals surface area contributed by atoms with Gasteiger partial charge in [0.05, 0.1) is 0 Å². The molecule has 0 heteroatoms. The van der Waals surface area contributed by atoms with Crippen molar-refractivity contribution in [2.75, 3.05) is 0 Å². The minimum atomic E-state index is 1.19. The Balaban J connectivity index is 0.959. The molecule has 0 amide bonds. The van der Waals surface area contributed by atoms with Crippen LogP contribution >= 0.6 is 0 Å². The summed E-state index contributed by atoms with van der Waals surface area (Å²) in [7, 11) is 0. The molecule has 0 aromatic heterocycles. The predicted octanol–water partition coefficient (Wildman–Crippen LogP) is 15.6. The van der Waals surface area contributed by atoms with Gasteiger partial charge in [-0.1, -0.05) is 218 Å². The van der Waals surface area contributed by atoms with Gasteiger partial charge in [0, 0.05) is 0 Å². The predicted molar refractivity (Wildman–Crippen MR) is 243 cm³/mol. The Morgan fingerprint density at radius 1 is 0.232 bits per heavy atom. The average molecular weight is 711 g/mol. The van der Waals surface area contributed by atoms with Gasteiger partial charge in [-0.05, 0) is 111 Å². The van der Waals surface area contributed by atoms with E-state index in [0.717, 1.165) is 0 Å². The Morgan fingerprint density at radius 3 is 1.02 bits per heavy atom. The van der Waals surface area contributed by atoms with Gasteiger partial charge in [-0.25, -0.2) is 0 Å². The van der Waals surface area contributed by atoms with Gasteiger partial charge >= 0.3 is 0 Å². The van der Waals surface area contributed by atoms with E-state index in [1.807, 2.05) is 12.1 Å².